The zero-order valence-corrected chi connectivity index (χ0v) is 12.3. The first-order valence-corrected chi connectivity index (χ1v) is 6.73. The molecule has 4 nitrogen and oxygen atoms in total. The quantitative estimate of drug-likeness (QED) is 0.621. The van der Waals surface area contributed by atoms with Crippen molar-refractivity contribution in [3.05, 3.63) is 67.1 Å². The van der Waals surface area contributed by atoms with E-state index < -0.39 is 4.92 Å². The van der Waals surface area contributed by atoms with E-state index in [9.17, 15) is 10.1 Å². The molecule has 0 radical (unpaired) electrons. The number of hydrogen-bond acceptors (Lipinski definition) is 3. The Kier molecular flexibility index (Phi) is 4.70. The fourth-order valence-electron chi connectivity index (χ4n) is 1.66. The Bertz CT molecular complexity index is 662. The smallest absolute Gasteiger partial charge is 0.293 e. The first-order valence-electron chi connectivity index (χ1n) is 5.59. The molecule has 20 heavy (non-hydrogen) atoms. The Morgan fingerprint density at radius 1 is 1.05 bits per heavy atom. The second-order valence-corrected chi connectivity index (χ2v) is 5.21. The lowest BCUT2D eigenvalue weighted by Gasteiger charge is -2.09. The van der Waals surface area contributed by atoms with E-state index in [0.29, 0.717) is 17.3 Å². The number of nitrogens with one attached hydrogen (secondary N) is 1. The van der Waals surface area contributed by atoms with E-state index in [4.69, 9.17) is 34.8 Å². The molecule has 0 amide bonds. The summed E-state index contributed by atoms with van der Waals surface area (Å²) in [5.41, 5.74) is 0.991. The van der Waals surface area contributed by atoms with Crippen molar-refractivity contribution in [3.63, 3.8) is 0 Å². The molecule has 0 saturated carbocycles. The highest BCUT2D eigenvalue weighted by Crippen LogP contribution is 2.34. The SMILES string of the molecule is O=[N+]([O-])c1cc(Cl)c(Cl)cc1NCc1ccccc1Cl. The molecule has 0 bridgehead atoms. The number of nitro groups is 1. The number of anilines is 1. The molecule has 7 heteroatoms. The van der Waals surface area contributed by atoms with Gasteiger partial charge in [-0.05, 0) is 17.7 Å². The van der Waals surface area contributed by atoms with Gasteiger partial charge in [0.05, 0.1) is 15.0 Å². The lowest BCUT2D eigenvalue weighted by molar-refractivity contribution is -0.383. The number of hydrogen-bond donors (Lipinski definition) is 1. The predicted molar refractivity (Wildman–Crippen MR) is 81.9 cm³/mol. The fourth-order valence-corrected chi connectivity index (χ4v) is 2.19. The normalized spacial score (nSPS) is 10.3. The number of halogens is 3. The van der Waals surface area contributed by atoms with Crippen molar-refractivity contribution in [1.29, 1.82) is 0 Å². The van der Waals surface area contributed by atoms with Gasteiger partial charge in [-0.25, -0.2) is 0 Å². The van der Waals surface area contributed by atoms with Gasteiger partial charge in [0.25, 0.3) is 5.69 Å². The number of nitrogens with zero attached hydrogens (tertiary/aromatic N) is 1. The van der Waals surface area contributed by atoms with Crippen LogP contribution in [0.2, 0.25) is 15.1 Å². The molecule has 0 saturated heterocycles. The fraction of sp³-hybridized carbons (Fsp3) is 0.0769. The molecule has 0 spiro atoms. The molecule has 0 aromatic heterocycles. The monoisotopic (exact) mass is 330 g/mol. The largest absolute Gasteiger partial charge is 0.375 e. The lowest BCUT2D eigenvalue weighted by Crippen LogP contribution is -2.03. The summed E-state index contributed by atoms with van der Waals surface area (Å²) in [7, 11) is 0. The van der Waals surface area contributed by atoms with Gasteiger partial charge < -0.3 is 5.32 Å². The van der Waals surface area contributed by atoms with Gasteiger partial charge in [0.2, 0.25) is 0 Å². The standard InChI is InChI=1S/C13H9Cl3N2O2/c14-9-4-2-1-3-8(9)7-17-12-5-10(15)11(16)6-13(12)18(19)20/h1-6,17H,7H2. The Morgan fingerprint density at radius 3 is 2.35 bits per heavy atom. The van der Waals surface area contributed by atoms with Crippen LogP contribution in [0, 0.1) is 10.1 Å². The van der Waals surface area contributed by atoms with Crippen LogP contribution in [-0.4, -0.2) is 4.92 Å². The van der Waals surface area contributed by atoms with Crippen LogP contribution < -0.4 is 5.32 Å². The minimum Gasteiger partial charge on any atom is -0.375 e. The van der Waals surface area contributed by atoms with Crippen LogP contribution in [0.15, 0.2) is 36.4 Å². The highest BCUT2D eigenvalue weighted by Gasteiger charge is 2.17. The molecule has 0 fully saturated rings. The molecular weight excluding hydrogens is 323 g/mol. The van der Waals surface area contributed by atoms with E-state index in [0.717, 1.165) is 5.56 Å². The molecule has 0 aliphatic rings. The first kappa shape index (κ1) is 14.9. The molecule has 0 aliphatic carbocycles. The predicted octanol–water partition coefficient (Wildman–Crippen LogP) is 5.17. The summed E-state index contributed by atoms with van der Waals surface area (Å²) in [6, 6.07) is 9.89. The maximum atomic E-state index is 11.0. The summed E-state index contributed by atoms with van der Waals surface area (Å²) >= 11 is 17.7. The maximum absolute atomic E-state index is 11.0. The second-order valence-electron chi connectivity index (χ2n) is 3.99. The molecule has 1 N–H and O–H groups in total. The number of benzene rings is 2. The van der Waals surface area contributed by atoms with Gasteiger partial charge in [-0.1, -0.05) is 53.0 Å². The van der Waals surface area contributed by atoms with Gasteiger partial charge in [0.15, 0.2) is 0 Å². The van der Waals surface area contributed by atoms with E-state index in [1.807, 2.05) is 18.2 Å². The zero-order valence-electron chi connectivity index (χ0n) is 10.1. The van der Waals surface area contributed by atoms with Crippen molar-refractivity contribution in [3.8, 4) is 0 Å². The topological polar surface area (TPSA) is 55.2 Å². The molecule has 2 rings (SSSR count). The summed E-state index contributed by atoms with van der Waals surface area (Å²) in [5, 5.41) is 14.9. The molecule has 0 aliphatic heterocycles. The van der Waals surface area contributed by atoms with Crippen LogP contribution in [0.1, 0.15) is 5.56 Å². The Morgan fingerprint density at radius 2 is 1.70 bits per heavy atom. The zero-order chi connectivity index (χ0) is 14.7. The highest BCUT2D eigenvalue weighted by atomic mass is 35.5. The number of rotatable bonds is 4. The van der Waals surface area contributed by atoms with Crippen molar-refractivity contribution in [1.82, 2.24) is 0 Å². The van der Waals surface area contributed by atoms with Crippen LogP contribution >= 0.6 is 34.8 Å². The molecule has 0 unspecified atom stereocenters. The molecule has 2 aromatic rings. The van der Waals surface area contributed by atoms with E-state index in [1.54, 1.807) is 6.07 Å². The third kappa shape index (κ3) is 3.33. The first-order chi connectivity index (χ1) is 9.49. The van der Waals surface area contributed by atoms with Crippen LogP contribution in [0.25, 0.3) is 0 Å². The summed E-state index contributed by atoms with van der Waals surface area (Å²) in [5.74, 6) is 0. The minimum absolute atomic E-state index is 0.133. The van der Waals surface area contributed by atoms with Gasteiger partial charge in [0, 0.05) is 17.6 Å². The van der Waals surface area contributed by atoms with Crippen molar-refractivity contribution in [2.75, 3.05) is 5.32 Å². The maximum Gasteiger partial charge on any atom is 0.293 e. The second kappa shape index (κ2) is 6.31. The van der Waals surface area contributed by atoms with Gasteiger partial charge in [-0.3, -0.25) is 10.1 Å². The molecular formula is C13H9Cl3N2O2. The Labute approximate surface area is 130 Å². The third-order valence-electron chi connectivity index (χ3n) is 2.66. The van der Waals surface area contributed by atoms with E-state index >= 15 is 0 Å². The summed E-state index contributed by atoms with van der Waals surface area (Å²) < 4.78 is 0. The average Bonchev–Trinajstić information content (AvgIpc) is 2.41. The van der Waals surface area contributed by atoms with Crippen LogP contribution in [0.3, 0.4) is 0 Å². The minimum atomic E-state index is -0.517. The van der Waals surface area contributed by atoms with Crippen molar-refractivity contribution in [2.45, 2.75) is 6.54 Å². The third-order valence-corrected chi connectivity index (χ3v) is 3.75. The van der Waals surface area contributed by atoms with Gasteiger partial charge in [0.1, 0.15) is 5.69 Å². The van der Waals surface area contributed by atoms with Crippen LogP contribution in [0.4, 0.5) is 11.4 Å². The van der Waals surface area contributed by atoms with Gasteiger partial charge >= 0.3 is 0 Å². The lowest BCUT2D eigenvalue weighted by atomic mass is 10.2. The van der Waals surface area contributed by atoms with Crippen molar-refractivity contribution >= 4 is 46.2 Å². The Balaban J connectivity index is 2.27. The molecule has 2 aromatic carbocycles. The summed E-state index contributed by atoms with van der Waals surface area (Å²) in [6.07, 6.45) is 0. The van der Waals surface area contributed by atoms with Crippen LogP contribution in [0.5, 0.6) is 0 Å². The van der Waals surface area contributed by atoms with Crippen molar-refractivity contribution < 1.29 is 4.92 Å². The summed E-state index contributed by atoms with van der Waals surface area (Å²) in [6.45, 7) is 0.346. The highest BCUT2D eigenvalue weighted by molar-refractivity contribution is 6.42. The van der Waals surface area contributed by atoms with Crippen molar-refractivity contribution in [2.24, 2.45) is 0 Å². The molecule has 104 valence electrons. The molecule has 0 heterocycles. The Hall–Kier alpha value is -1.49. The number of nitro benzene ring substituents is 1. The summed E-state index contributed by atoms with van der Waals surface area (Å²) in [4.78, 5) is 10.5. The average molecular weight is 332 g/mol. The van der Waals surface area contributed by atoms with E-state index in [-0.39, 0.29) is 15.7 Å². The van der Waals surface area contributed by atoms with Crippen LogP contribution in [-0.2, 0) is 6.54 Å². The van der Waals surface area contributed by atoms with Gasteiger partial charge in [-0.2, -0.15) is 0 Å². The van der Waals surface area contributed by atoms with Gasteiger partial charge in [-0.15, -0.1) is 0 Å². The molecule has 0 atom stereocenters. The van der Waals surface area contributed by atoms with E-state index in [2.05, 4.69) is 5.32 Å². The van der Waals surface area contributed by atoms with E-state index in [1.165, 1.54) is 12.1 Å².